The van der Waals surface area contributed by atoms with E-state index in [9.17, 15) is 0 Å². The van der Waals surface area contributed by atoms with E-state index in [0.717, 1.165) is 5.56 Å². The van der Waals surface area contributed by atoms with Gasteiger partial charge >= 0.3 is 0 Å². The minimum atomic E-state index is -0.403. The number of halogens is 3. The number of benzene rings is 1. The average molecular weight is 263 g/mol. The normalized spacial score (nSPS) is 12.7. The van der Waals surface area contributed by atoms with Crippen molar-refractivity contribution in [1.29, 1.82) is 0 Å². The second-order valence-electron chi connectivity index (χ2n) is 2.99. The van der Waals surface area contributed by atoms with Crippen molar-refractivity contribution in [2.75, 3.05) is 0 Å². The molecule has 0 saturated carbocycles. The van der Waals surface area contributed by atoms with Crippen molar-refractivity contribution >= 4 is 34.8 Å². The number of rotatable bonds is 2. The molecule has 5 heteroatoms. The summed E-state index contributed by atoms with van der Waals surface area (Å²) in [5, 5.41) is 4.45. The molecule has 1 aromatic heterocycles. The van der Waals surface area contributed by atoms with E-state index in [4.69, 9.17) is 39.3 Å². The van der Waals surface area contributed by atoms with Gasteiger partial charge in [0.1, 0.15) is 17.3 Å². The zero-order valence-corrected chi connectivity index (χ0v) is 9.72. The van der Waals surface area contributed by atoms with Gasteiger partial charge in [-0.05, 0) is 23.8 Å². The third-order valence-corrected chi connectivity index (χ3v) is 2.81. The van der Waals surface area contributed by atoms with Crippen molar-refractivity contribution in [2.24, 2.45) is 0 Å². The predicted octanol–water partition coefficient (Wildman–Crippen LogP) is 4.31. The molecule has 2 rings (SSSR count). The standard InChI is InChI=1S/C10H6Cl3NO/c11-7-3-6(4-8(12)5-7)10(13)9-1-2-15-14-9/h1-5,10H. The lowest BCUT2D eigenvalue weighted by Crippen LogP contribution is -1.93. The van der Waals surface area contributed by atoms with Gasteiger partial charge in [-0.2, -0.15) is 0 Å². The number of hydrogen-bond donors (Lipinski definition) is 0. The fourth-order valence-electron chi connectivity index (χ4n) is 1.24. The van der Waals surface area contributed by atoms with E-state index in [2.05, 4.69) is 5.16 Å². The molecule has 0 aliphatic carbocycles. The molecule has 1 unspecified atom stereocenters. The van der Waals surface area contributed by atoms with Gasteiger partial charge in [-0.15, -0.1) is 11.6 Å². The molecule has 15 heavy (non-hydrogen) atoms. The maximum absolute atomic E-state index is 6.18. The Balaban J connectivity index is 2.37. The smallest absolute Gasteiger partial charge is 0.124 e. The first-order valence-corrected chi connectivity index (χ1v) is 5.36. The van der Waals surface area contributed by atoms with Crippen LogP contribution >= 0.6 is 34.8 Å². The highest BCUT2D eigenvalue weighted by Crippen LogP contribution is 2.31. The van der Waals surface area contributed by atoms with E-state index in [1.54, 1.807) is 24.3 Å². The van der Waals surface area contributed by atoms with E-state index < -0.39 is 5.38 Å². The van der Waals surface area contributed by atoms with Gasteiger partial charge < -0.3 is 4.52 Å². The topological polar surface area (TPSA) is 26.0 Å². The molecule has 2 aromatic rings. The lowest BCUT2D eigenvalue weighted by molar-refractivity contribution is 0.412. The Bertz CT molecular complexity index is 435. The van der Waals surface area contributed by atoms with Crippen molar-refractivity contribution < 1.29 is 4.52 Å². The van der Waals surface area contributed by atoms with Crippen LogP contribution in [0, 0.1) is 0 Å². The maximum atomic E-state index is 6.18. The van der Waals surface area contributed by atoms with Crippen LogP contribution in [-0.4, -0.2) is 5.16 Å². The summed E-state index contributed by atoms with van der Waals surface area (Å²) >= 11 is 17.9. The first-order valence-electron chi connectivity index (χ1n) is 4.17. The highest BCUT2D eigenvalue weighted by molar-refractivity contribution is 6.35. The van der Waals surface area contributed by atoms with Crippen LogP contribution in [0.25, 0.3) is 0 Å². The Morgan fingerprint density at radius 2 is 1.80 bits per heavy atom. The van der Waals surface area contributed by atoms with Gasteiger partial charge in [0.15, 0.2) is 0 Å². The molecular weight excluding hydrogens is 256 g/mol. The van der Waals surface area contributed by atoms with Crippen molar-refractivity contribution in [2.45, 2.75) is 5.38 Å². The van der Waals surface area contributed by atoms with Gasteiger partial charge in [0.25, 0.3) is 0 Å². The zero-order chi connectivity index (χ0) is 10.8. The van der Waals surface area contributed by atoms with Crippen molar-refractivity contribution in [3.8, 4) is 0 Å². The molecule has 1 aromatic carbocycles. The first-order chi connectivity index (χ1) is 7.16. The summed E-state index contributed by atoms with van der Waals surface area (Å²) in [5.74, 6) is 0. The predicted molar refractivity (Wildman–Crippen MR) is 60.7 cm³/mol. The summed E-state index contributed by atoms with van der Waals surface area (Å²) in [5.41, 5.74) is 1.43. The number of hydrogen-bond acceptors (Lipinski definition) is 2. The van der Waals surface area contributed by atoms with Gasteiger partial charge in [-0.1, -0.05) is 28.4 Å². The Morgan fingerprint density at radius 3 is 2.33 bits per heavy atom. The van der Waals surface area contributed by atoms with Gasteiger partial charge in [0.05, 0.1) is 0 Å². The average Bonchev–Trinajstić information content (AvgIpc) is 2.67. The molecule has 0 fully saturated rings. The van der Waals surface area contributed by atoms with Gasteiger partial charge in [0, 0.05) is 16.1 Å². The molecule has 1 atom stereocenters. The highest BCUT2D eigenvalue weighted by atomic mass is 35.5. The molecule has 0 amide bonds. The molecule has 2 nitrogen and oxygen atoms in total. The van der Waals surface area contributed by atoms with Crippen LogP contribution < -0.4 is 0 Å². The van der Waals surface area contributed by atoms with Crippen LogP contribution in [0.3, 0.4) is 0 Å². The van der Waals surface area contributed by atoms with Gasteiger partial charge in [0.2, 0.25) is 0 Å². The molecule has 78 valence electrons. The van der Waals surface area contributed by atoms with E-state index >= 15 is 0 Å². The highest BCUT2D eigenvalue weighted by Gasteiger charge is 2.14. The number of alkyl halides is 1. The van der Waals surface area contributed by atoms with Crippen LogP contribution in [0.4, 0.5) is 0 Å². The summed E-state index contributed by atoms with van der Waals surface area (Å²) < 4.78 is 4.72. The molecule has 0 radical (unpaired) electrons. The van der Waals surface area contributed by atoms with Crippen LogP contribution in [-0.2, 0) is 0 Å². The summed E-state index contributed by atoms with van der Waals surface area (Å²) in [7, 11) is 0. The lowest BCUT2D eigenvalue weighted by atomic mass is 10.1. The molecule has 0 bridgehead atoms. The Hall–Kier alpha value is -0.700. The van der Waals surface area contributed by atoms with E-state index in [1.165, 1.54) is 6.26 Å². The third kappa shape index (κ3) is 2.46. The molecule has 0 aliphatic heterocycles. The Morgan fingerprint density at radius 1 is 1.13 bits per heavy atom. The monoisotopic (exact) mass is 261 g/mol. The number of aromatic nitrogens is 1. The zero-order valence-electron chi connectivity index (χ0n) is 7.45. The fraction of sp³-hybridized carbons (Fsp3) is 0.100. The van der Waals surface area contributed by atoms with Crippen molar-refractivity contribution in [3.63, 3.8) is 0 Å². The van der Waals surface area contributed by atoms with Gasteiger partial charge in [-0.25, -0.2) is 0 Å². The Kier molecular flexibility index (Phi) is 3.19. The molecule has 0 saturated heterocycles. The molecular formula is C10H6Cl3NO. The minimum Gasteiger partial charge on any atom is -0.364 e. The lowest BCUT2D eigenvalue weighted by Gasteiger charge is -2.07. The maximum Gasteiger partial charge on any atom is 0.124 e. The SMILES string of the molecule is Clc1cc(Cl)cc(C(Cl)c2ccon2)c1. The summed E-state index contributed by atoms with van der Waals surface area (Å²) in [6, 6.07) is 6.85. The first kappa shape index (κ1) is 10.8. The summed E-state index contributed by atoms with van der Waals surface area (Å²) in [6.07, 6.45) is 1.47. The quantitative estimate of drug-likeness (QED) is 0.754. The number of nitrogens with zero attached hydrogens (tertiary/aromatic N) is 1. The van der Waals surface area contributed by atoms with E-state index in [-0.39, 0.29) is 0 Å². The molecule has 0 spiro atoms. The molecule has 1 heterocycles. The second kappa shape index (κ2) is 4.44. The summed E-state index contributed by atoms with van der Waals surface area (Å²) in [4.78, 5) is 0. The summed E-state index contributed by atoms with van der Waals surface area (Å²) in [6.45, 7) is 0. The van der Waals surface area contributed by atoms with Crippen molar-refractivity contribution in [3.05, 3.63) is 51.8 Å². The second-order valence-corrected chi connectivity index (χ2v) is 4.30. The largest absolute Gasteiger partial charge is 0.364 e. The molecule has 0 N–H and O–H groups in total. The van der Waals surface area contributed by atoms with Crippen LogP contribution in [0.15, 0.2) is 35.1 Å². The van der Waals surface area contributed by atoms with Crippen LogP contribution in [0.2, 0.25) is 10.0 Å². The van der Waals surface area contributed by atoms with Crippen LogP contribution in [0.5, 0.6) is 0 Å². The van der Waals surface area contributed by atoms with Crippen molar-refractivity contribution in [1.82, 2.24) is 5.16 Å². The molecule has 0 aliphatic rings. The fourth-order valence-corrected chi connectivity index (χ4v) is 2.03. The third-order valence-electron chi connectivity index (χ3n) is 1.89. The Labute approximate surface area is 102 Å². The minimum absolute atomic E-state index is 0.403. The van der Waals surface area contributed by atoms with E-state index in [1.807, 2.05) is 0 Å². The van der Waals surface area contributed by atoms with E-state index in [0.29, 0.717) is 15.7 Å². The van der Waals surface area contributed by atoms with Crippen LogP contribution in [0.1, 0.15) is 16.6 Å². The van der Waals surface area contributed by atoms with Gasteiger partial charge in [-0.3, -0.25) is 0 Å².